The summed E-state index contributed by atoms with van der Waals surface area (Å²) < 4.78 is 15.7. The summed E-state index contributed by atoms with van der Waals surface area (Å²) in [5.74, 6) is 0.688. The number of carbonyl (C=O) groups excluding carboxylic acids is 1. The number of hydrogen-bond donors (Lipinski definition) is 1. The summed E-state index contributed by atoms with van der Waals surface area (Å²) in [6.07, 6.45) is 0. The number of ether oxygens (including phenoxy) is 1. The topological polar surface area (TPSA) is 127 Å². The highest BCUT2D eigenvalue weighted by Crippen LogP contribution is 2.20. The zero-order valence-electron chi connectivity index (χ0n) is 15.9. The Morgan fingerprint density at radius 1 is 1.13 bits per heavy atom. The number of rotatable bonds is 7. The molecule has 0 radical (unpaired) electrons. The van der Waals surface area contributed by atoms with E-state index in [0.717, 1.165) is 0 Å². The Hall–Kier alpha value is -4.16. The molecule has 0 unspecified atom stereocenters. The van der Waals surface area contributed by atoms with Crippen LogP contribution in [0, 0.1) is 11.3 Å². The van der Waals surface area contributed by atoms with E-state index in [9.17, 15) is 4.79 Å². The number of benzene rings is 2. The summed E-state index contributed by atoms with van der Waals surface area (Å²) in [6.45, 7) is 0.110. The van der Waals surface area contributed by atoms with Crippen LogP contribution in [0.4, 0.5) is 0 Å². The molecule has 9 nitrogen and oxygen atoms in total. The molecule has 10 heteroatoms. The first kappa shape index (κ1) is 20.1. The van der Waals surface area contributed by atoms with E-state index in [1.165, 1.54) is 6.07 Å². The van der Waals surface area contributed by atoms with E-state index >= 15 is 0 Å². The van der Waals surface area contributed by atoms with Gasteiger partial charge in [-0.25, -0.2) is 0 Å². The fraction of sp³-hybridized carbons (Fsp3) is 0.0952. The van der Waals surface area contributed by atoms with Crippen molar-refractivity contribution < 1.29 is 18.6 Å². The fourth-order valence-electron chi connectivity index (χ4n) is 2.61. The Morgan fingerprint density at radius 3 is 2.77 bits per heavy atom. The minimum absolute atomic E-state index is 0.0205. The zero-order chi connectivity index (χ0) is 21.6. The third-order valence-corrected chi connectivity index (χ3v) is 4.37. The standard InChI is InChI=1S/C21H14ClN5O4/c22-15-4-6-16(7-5-15)29-12-20-25-19(27-31-20)11-24-21(28)18-9-17(26-30-18)14-3-1-2-13(8-14)10-23/h1-9H,11-12H2,(H,24,28). The highest BCUT2D eigenvalue weighted by atomic mass is 35.5. The molecule has 0 spiro atoms. The van der Waals surface area contributed by atoms with Gasteiger partial charge in [0.25, 0.3) is 11.8 Å². The average Bonchev–Trinajstić information content (AvgIpc) is 3.47. The van der Waals surface area contributed by atoms with Gasteiger partial charge in [-0.3, -0.25) is 4.79 Å². The maximum Gasteiger partial charge on any atom is 0.290 e. The third-order valence-electron chi connectivity index (χ3n) is 4.11. The van der Waals surface area contributed by atoms with Gasteiger partial charge in [0.1, 0.15) is 11.4 Å². The second kappa shape index (κ2) is 9.11. The fourth-order valence-corrected chi connectivity index (χ4v) is 2.74. The van der Waals surface area contributed by atoms with Crippen molar-refractivity contribution in [1.82, 2.24) is 20.6 Å². The molecule has 0 aliphatic rings. The highest BCUT2D eigenvalue weighted by Gasteiger charge is 2.15. The molecule has 0 saturated carbocycles. The first-order chi connectivity index (χ1) is 15.1. The maximum atomic E-state index is 12.3. The van der Waals surface area contributed by atoms with Gasteiger partial charge in [0.2, 0.25) is 5.76 Å². The molecule has 2 aromatic carbocycles. The SMILES string of the molecule is N#Cc1cccc(-c2cc(C(=O)NCc3noc(COc4ccc(Cl)cc4)n3)on2)c1. The largest absolute Gasteiger partial charge is 0.484 e. The number of carbonyl (C=O) groups is 1. The summed E-state index contributed by atoms with van der Waals surface area (Å²) in [6, 6.07) is 17.2. The molecule has 0 atom stereocenters. The van der Waals surface area contributed by atoms with E-state index in [4.69, 9.17) is 30.6 Å². The van der Waals surface area contributed by atoms with Crippen molar-refractivity contribution in [1.29, 1.82) is 5.26 Å². The Bertz CT molecular complexity index is 1240. The minimum Gasteiger partial charge on any atom is -0.484 e. The predicted molar refractivity (Wildman–Crippen MR) is 108 cm³/mol. The van der Waals surface area contributed by atoms with E-state index in [1.54, 1.807) is 48.5 Å². The van der Waals surface area contributed by atoms with Crippen LogP contribution >= 0.6 is 11.6 Å². The molecule has 154 valence electrons. The molecule has 1 amide bonds. The van der Waals surface area contributed by atoms with Gasteiger partial charge in [-0.2, -0.15) is 10.2 Å². The lowest BCUT2D eigenvalue weighted by atomic mass is 10.1. The number of nitrogens with zero attached hydrogens (tertiary/aromatic N) is 4. The van der Waals surface area contributed by atoms with Crippen molar-refractivity contribution >= 4 is 17.5 Å². The highest BCUT2D eigenvalue weighted by molar-refractivity contribution is 6.30. The summed E-state index contributed by atoms with van der Waals surface area (Å²) in [4.78, 5) is 16.5. The van der Waals surface area contributed by atoms with Gasteiger partial charge in [-0.05, 0) is 36.4 Å². The van der Waals surface area contributed by atoms with E-state index in [-0.39, 0.29) is 30.6 Å². The maximum absolute atomic E-state index is 12.3. The Morgan fingerprint density at radius 2 is 1.97 bits per heavy atom. The van der Waals surface area contributed by atoms with E-state index in [2.05, 4.69) is 26.7 Å². The summed E-state index contributed by atoms with van der Waals surface area (Å²) in [7, 11) is 0. The smallest absolute Gasteiger partial charge is 0.290 e. The lowest BCUT2D eigenvalue weighted by Crippen LogP contribution is -2.22. The Labute approximate surface area is 181 Å². The number of aromatic nitrogens is 3. The molecule has 0 aliphatic carbocycles. The molecule has 0 bridgehead atoms. The summed E-state index contributed by atoms with van der Waals surface area (Å²) >= 11 is 5.83. The molecule has 1 N–H and O–H groups in total. The Kier molecular flexibility index (Phi) is 5.91. The molecule has 4 aromatic rings. The minimum atomic E-state index is -0.487. The van der Waals surface area contributed by atoms with Crippen LogP contribution in [0.15, 0.2) is 63.6 Å². The van der Waals surface area contributed by atoms with Crippen LogP contribution in [-0.2, 0) is 13.2 Å². The van der Waals surface area contributed by atoms with Crippen molar-refractivity contribution in [3.8, 4) is 23.1 Å². The number of hydrogen-bond acceptors (Lipinski definition) is 8. The van der Waals surface area contributed by atoms with Crippen LogP contribution in [0.3, 0.4) is 0 Å². The van der Waals surface area contributed by atoms with Crippen LogP contribution in [-0.4, -0.2) is 21.2 Å². The molecule has 2 heterocycles. The number of amides is 1. The van der Waals surface area contributed by atoms with Crippen LogP contribution in [0.5, 0.6) is 5.75 Å². The Balaban J connectivity index is 1.31. The molecular formula is C21H14ClN5O4. The molecule has 0 fully saturated rings. The number of halogens is 1. The van der Waals surface area contributed by atoms with E-state index < -0.39 is 5.91 Å². The van der Waals surface area contributed by atoms with E-state index in [0.29, 0.717) is 27.6 Å². The van der Waals surface area contributed by atoms with Gasteiger partial charge in [-0.15, -0.1) is 0 Å². The van der Waals surface area contributed by atoms with Crippen LogP contribution in [0.1, 0.15) is 27.8 Å². The van der Waals surface area contributed by atoms with Gasteiger partial charge in [0, 0.05) is 16.7 Å². The third kappa shape index (κ3) is 5.07. The van der Waals surface area contributed by atoms with E-state index in [1.807, 2.05) is 0 Å². The first-order valence-electron chi connectivity index (χ1n) is 9.06. The van der Waals surface area contributed by atoms with Crippen LogP contribution in [0.2, 0.25) is 5.02 Å². The van der Waals surface area contributed by atoms with Crippen molar-refractivity contribution in [3.63, 3.8) is 0 Å². The lowest BCUT2D eigenvalue weighted by Gasteiger charge is -2.02. The monoisotopic (exact) mass is 435 g/mol. The normalized spacial score (nSPS) is 10.5. The molecular weight excluding hydrogens is 422 g/mol. The second-order valence-electron chi connectivity index (χ2n) is 6.30. The predicted octanol–water partition coefficient (Wildman–Crippen LogP) is 3.76. The summed E-state index contributed by atoms with van der Waals surface area (Å²) in [5, 5.41) is 19.9. The lowest BCUT2D eigenvalue weighted by molar-refractivity contribution is 0.0912. The molecule has 0 saturated heterocycles. The average molecular weight is 436 g/mol. The molecule has 31 heavy (non-hydrogen) atoms. The van der Waals surface area contributed by atoms with Crippen LogP contribution in [0.25, 0.3) is 11.3 Å². The number of nitriles is 1. The van der Waals surface area contributed by atoms with Gasteiger partial charge < -0.3 is 19.1 Å². The van der Waals surface area contributed by atoms with Gasteiger partial charge in [0.15, 0.2) is 12.4 Å². The molecule has 0 aliphatic heterocycles. The van der Waals surface area contributed by atoms with Gasteiger partial charge in [-0.1, -0.05) is 34.0 Å². The molecule has 4 rings (SSSR count). The van der Waals surface area contributed by atoms with Crippen molar-refractivity contribution in [3.05, 3.63) is 82.7 Å². The van der Waals surface area contributed by atoms with Crippen LogP contribution < -0.4 is 10.1 Å². The number of nitrogens with one attached hydrogen (secondary N) is 1. The molecule has 2 aromatic heterocycles. The zero-order valence-corrected chi connectivity index (χ0v) is 16.7. The first-order valence-corrected chi connectivity index (χ1v) is 9.44. The van der Waals surface area contributed by atoms with Crippen molar-refractivity contribution in [2.75, 3.05) is 0 Å². The second-order valence-corrected chi connectivity index (χ2v) is 6.74. The quantitative estimate of drug-likeness (QED) is 0.464. The van der Waals surface area contributed by atoms with Crippen molar-refractivity contribution in [2.45, 2.75) is 13.2 Å². The van der Waals surface area contributed by atoms with Crippen molar-refractivity contribution in [2.24, 2.45) is 0 Å². The van der Waals surface area contributed by atoms with Gasteiger partial charge >= 0.3 is 0 Å². The summed E-state index contributed by atoms with van der Waals surface area (Å²) in [5.41, 5.74) is 1.60. The van der Waals surface area contributed by atoms with Gasteiger partial charge in [0.05, 0.1) is 18.2 Å².